The van der Waals surface area contributed by atoms with Crippen LogP contribution in [0.3, 0.4) is 0 Å². The molecule has 2 rings (SSSR count). The van der Waals surface area contributed by atoms with Crippen LogP contribution >= 0.6 is 38.5 Å². The maximum absolute atomic E-state index is 4.44. The Bertz CT molecular complexity index is 299. The summed E-state index contributed by atoms with van der Waals surface area (Å²) < 4.78 is 2.12. The van der Waals surface area contributed by atoms with E-state index in [2.05, 4.69) is 61.0 Å². The fraction of sp³-hybridized carbons (Fsp3) is 0.375. The molecular formula is C8H8BrIN2. The van der Waals surface area contributed by atoms with Crippen molar-refractivity contribution in [2.24, 2.45) is 0 Å². The second-order valence-electron chi connectivity index (χ2n) is 2.80. The Balaban J connectivity index is 2.27. The van der Waals surface area contributed by atoms with E-state index in [4.69, 9.17) is 0 Å². The van der Waals surface area contributed by atoms with Crippen molar-refractivity contribution in [1.82, 2.24) is 10.3 Å². The zero-order valence-electron chi connectivity index (χ0n) is 6.35. The molecule has 1 aliphatic rings. The van der Waals surface area contributed by atoms with Gasteiger partial charge in [0.15, 0.2) is 0 Å². The van der Waals surface area contributed by atoms with Crippen molar-refractivity contribution in [1.29, 1.82) is 0 Å². The van der Waals surface area contributed by atoms with Gasteiger partial charge in [-0.15, -0.1) is 0 Å². The molecule has 0 radical (unpaired) electrons. The summed E-state index contributed by atoms with van der Waals surface area (Å²) >= 11 is 5.69. The summed E-state index contributed by atoms with van der Waals surface area (Å²) in [4.78, 5) is 4.44. The monoisotopic (exact) mass is 338 g/mol. The van der Waals surface area contributed by atoms with Crippen molar-refractivity contribution in [3.8, 4) is 0 Å². The van der Waals surface area contributed by atoms with Gasteiger partial charge >= 0.3 is 0 Å². The largest absolute Gasteiger partial charge is 0.309 e. The molecule has 12 heavy (non-hydrogen) atoms. The Morgan fingerprint density at radius 2 is 2.33 bits per heavy atom. The van der Waals surface area contributed by atoms with Gasteiger partial charge in [-0.25, -0.2) is 4.98 Å². The summed E-state index contributed by atoms with van der Waals surface area (Å²) in [6.07, 6.45) is 1.21. The van der Waals surface area contributed by atoms with Crippen LogP contribution in [-0.4, -0.2) is 11.5 Å². The highest BCUT2D eigenvalue weighted by Crippen LogP contribution is 2.24. The molecule has 1 fully saturated rings. The fourth-order valence-electron chi connectivity index (χ4n) is 1.17. The maximum Gasteiger partial charge on any atom is 0.119 e. The molecule has 1 atom stereocenters. The van der Waals surface area contributed by atoms with Crippen LogP contribution in [-0.2, 0) is 0 Å². The number of halogens is 2. The first-order valence-electron chi connectivity index (χ1n) is 3.83. The molecule has 2 heterocycles. The van der Waals surface area contributed by atoms with E-state index in [1.807, 2.05) is 0 Å². The molecule has 1 unspecified atom stereocenters. The highest BCUT2D eigenvalue weighted by Gasteiger charge is 2.19. The molecule has 0 spiro atoms. The normalized spacial score (nSPS) is 22.0. The molecule has 1 aromatic heterocycles. The quantitative estimate of drug-likeness (QED) is 0.628. The minimum Gasteiger partial charge on any atom is -0.309 e. The van der Waals surface area contributed by atoms with Gasteiger partial charge in [0.05, 0.1) is 11.7 Å². The Hall–Kier alpha value is 0.320. The van der Waals surface area contributed by atoms with Gasteiger partial charge < -0.3 is 5.32 Å². The third-order valence-corrected chi connectivity index (χ3v) is 4.22. The van der Waals surface area contributed by atoms with Crippen molar-refractivity contribution >= 4 is 38.5 Å². The molecular weight excluding hydrogens is 331 g/mol. The van der Waals surface area contributed by atoms with E-state index in [0.29, 0.717) is 6.04 Å². The molecule has 0 aromatic carbocycles. The van der Waals surface area contributed by atoms with Crippen LogP contribution in [0.25, 0.3) is 0 Å². The summed E-state index contributed by atoms with van der Waals surface area (Å²) in [7, 11) is 0. The molecule has 1 aliphatic heterocycles. The van der Waals surface area contributed by atoms with Crippen molar-refractivity contribution in [2.75, 3.05) is 6.54 Å². The summed E-state index contributed by atoms with van der Waals surface area (Å²) in [5.41, 5.74) is 1.15. The van der Waals surface area contributed by atoms with Crippen molar-refractivity contribution in [3.05, 3.63) is 26.0 Å². The summed E-state index contributed by atoms with van der Waals surface area (Å²) in [5, 5.41) is 3.32. The van der Waals surface area contributed by atoms with Crippen molar-refractivity contribution < 1.29 is 0 Å². The predicted molar refractivity (Wildman–Crippen MR) is 60.0 cm³/mol. The number of hydrogen-bond donors (Lipinski definition) is 1. The molecule has 1 N–H and O–H groups in total. The minimum absolute atomic E-state index is 0.485. The zero-order chi connectivity index (χ0) is 8.55. The van der Waals surface area contributed by atoms with Crippen LogP contribution in [0.15, 0.2) is 16.7 Å². The van der Waals surface area contributed by atoms with E-state index in [-0.39, 0.29) is 0 Å². The van der Waals surface area contributed by atoms with Crippen LogP contribution in [0.4, 0.5) is 0 Å². The van der Waals surface area contributed by atoms with Gasteiger partial charge in [-0.05, 0) is 63.6 Å². The van der Waals surface area contributed by atoms with Crippen molar-refractivity contribution in [2.45, 2.75) is 12.5 Å². The summed E-state index contributed by atoms with van der Waals surface area (Å²) in [5.74, 6) is 0. The van der Waals surface area contributed by atoms with Crippen molar-refractivity contribution in [3.63, 3.8) is 0 Å². The molecule has 1 aromatic rings. The standard InChI is InChI=1S/C8H8BrIN2/c9-8-5(10)1-2-7(12-8)6-3-4-11-6/h1-2,6,11H,3-4H2. The van der Waals surface area contributed by atoms with E-state index in [0.717, 1.165) is 20.4 Å². The number of nitrogens with one attached hydrogen (secondary N) is 1. The van der Waals surface area contributed by atoms with Gasteiger partial charge in [0.2, 0.25) is 0 Å². The number of aromatic nitrogens is 1. The Morgan fingerprint density at radius 1 is 1.58 bits per heavy atom. The highest BCUT2D eigenvalue weighted by molar-refractivity contribution is 14.1. The average Bonchev–Trinajstić information content (AvgIpc) is 1.93. The number of rotatable bonds is 1. The van der Waals surface area contributed by atoms with Crippen LogP contribution in [0.2, 0.25) is 0 Å². The lowest BCUT2D eigenvalue weighted by Gasteiger charge is -2.27. The minimum atomic E-state index is 0.485. The highest BCUT2D eigenvalue weighted by atomic mass is 127. The lowest BCUT2D eigenvalue weighted by molar-refractivity contribution is 0.374. The van der Waals surface area contributed by atoms with Gasteiger partial charge in [-0.2, -0.15) is 0 Å². The fourth-order valence-corrected chi connectivity index (χ4v) is 1.80. The number of nitrogens with zero attached hydrogens (tertiary/aromatic N) is 1. The molecule has 64 valence electrons. The zero-order valence-corrected chi connectivity index (χ0v) is 10.1. The van der Waals surface area contributed by atoms with Crippen LogP contribution in [0.5, 0.6) is 0 Å². The summed E-state index contributed by atoms with van der Waals surface area (Å²) in [6.45, 7) is 1.12. The Labute approximate surface area is 93.4 Å². The van der Waals surface area contributed by atoms with Gasteiger partial charge in [-0.1, -0.05) is 0 Å². The Kier molecular flexibility index (Phi) is 2.66. The van der Waals surface area contributed by atoms with Gasteiger partial charge in [0, 0.05) is 3.57 Å². The van der Waals surface area contributed by atoms with Gasteiger partial charge in [0.1, 0.15) is 4.60 Å². The second kappa shape index (κ2) is 3.59. The first-order chi connectivity index (χ1) is 5.77. The molecule has 0 amide bonds. The van der Waals surface area contributed by atoms with Crippen LogP contribution in [0.1, 0.15) is 18.2 Å². The van der Waals surface area contributed by atoms with E-state index < -0.39 is 0 Å². The number of hydrogen-bond acceptors (Lipinski definition) is 2. The third-order valence-electron chi connectivity index (χ3n) is 2.01. The van der Waals surface area contributed by atoms with E-state index in [1.165, 1.54) is 6.42 Å². The van der Waals surface area contributed by atoms with Crippen LogP contribution in [0, 0.1) is 3.57 Å². The first kappa shape index (κ1) is 8.90. The second-order valence-corrected chi connectivity index (χ2v) is 4.72. The first-order valence-corrected chi connectivity index (χ1v) is 5.70. The molecule has 0 saturated carbocycles. The number of pyridine rings is 1. The Morgan fingerprint density at radius 3 is 2.83 bits per heavy atom. The third kappa shape index (κ3) is 1.65. The molecule has 0 aliphatic carbocycles. The van der Waals surface area contributed by atoms with Gasteiger partial charge in [0.25, 0.3) is 0 Å². The lowest BCUT2D eigenvalue weighted by Crippen LogP contribution is -2.35. The predicted octanol–water partition coefficient (Wildman–Crippen LogP) is 2.48. The lowest BCUT2D eigenvalue weighted by atomic mass is 10.0. The maximum atomic E-state index is 4.44. The summed E-state index contributed by atoms with van der Waals surface area (Å²) in [6, 6.07) is 4.66. The van der Waals surface area contributed by atoms with Gasteiger partial charge in [-0.3, -0.25) is 0 Å². The van der Waals surface area contributed by atoms with Crippen LogP contribution < -0.4 is 5.32 Å². The average molecular weight is 339 g/mol. The molecule has 1 saturated heterocycles. The topological polar surface area (TPSA) is 24.9 Å². The smallest absolute Gasteiger partial charge is 0.119 e. The van der Waals surface area contributed by atoms with E-state index in [9.17, 15) is 0 Å². The molecule has 2 nitrogen and oxygen atoms in total. The van der Waals surface area contributed by atoms with E-state index >= 15 is 0 Å². The van der Waals surface area contributed by atoms with E-state index in [1.54, 1.807) is 0 Å². The SMILES string of the molecule is Brc1nc(C2CCN2)ccc1I. The molecule has 0 bridgehead atoms. The molecule has 4 heteroatoms.